The second-order valence-electron chi connectivity index (χ2n) is 7.86. The van der Waals surface area contributed by atoms with Gasteiger partial charge in [-0.05, 0) is 13.3 Å². The molecule has 0 amide bonds. The molecule has 1 aromatic heterocycles. The molecule has 0 saturated carbocycles. The molecule has 9 nitrogen and oxygen atoms in total. The molecule has 1 aliphatic heterocycles. The van der Waals surface area contributed by atoms with Crippen LogP contribution in [0.4, 0.5) is 5.69 Å². The molecule has 31 heavy (non-hydrogen) atoms. The summed E-state index contributed by atoms with van der Waals surface area (Å²) in [6, 6.07) is 6.27. The van der Waals surface area contributed by atoms with Crippen molar-refractivity contribution in [3.8, 4) is 11.5 Å². The second kappa shape index (κ2) is 10.9. The van der Waals surface area contributed by atoms with Gasteiger partial charge in [-0.15, -0.1) is 0 Å². The van der Waals surface area contributed by atoms with Gasteiger partial charge in [0.25, 0.3) is 0 Å². The van der Waals surface area contributed by atoms with Gasteiger partial charge in [0.2, 0.25) is 5.89 Å². The Labute approximate surface area is 184 Å². The standard InChI is InChI=1S/C22H34N6O3/c1-6-23-22(24-9-7-20-26-21(15(2)3)27-31-20)25-16-8-10-28(14-16)17-11-18(29-4)13-19(12-17)30-5/h11-13,15-16H,6-10,14H2,1-5H3,(H2,23,24,25). The highest BCUT2D eigenvalue weighted by molar-refractivity contribution is 5.80. The highest BCUT2D eigenvalue weighted by atomic mass is 16.5. The first kappa shape index (κ1) is 22.7. The maximum absolute atomic E-state index is 5.41. The molecule has 2 heterocycles. The Hall–Kier alpha value is -2.97. The monoisotopic (exact) mass is 430 g/mol. The lowest BCUT2D eigenvalue weighted by Gasteiger charge is -2.21. The van der Waals surface area contributed by atoms with Gasteiger partial charge in [-0.2, -0.15) is 4.98 Å². The van der Waals surface area contributed by atoms with Gasteiger partial charge in [0.05, 0.1) is 20.8 Å². The van der Waals surface area contributed by atoms with Gasteiger partial charge in [-0.3, -0.25) is 4.99 Å². The van der Waals surface area contributed by atoms with Crippen molar-refractivity contribution in [2.75, 3.05) is 45.3 Å². The van der Waals surface area contributed by atoms with Crippen LogP contribution in [0.15, 0.2) is 27.7 Å². The Kier molecular flexibility index (Phi) is 7.97. The predicted molar refractivity (Wildman–Crippen MR) is 121 cm³/mol. The number of ether oxygens (including phenoxy) is 2. The molecule has 0 radical (unpaired) electrons. The Morgan fingerprint density at radius 2 is 2.00 bits per heavy atom. The summed E-state index contributed by atoms with van der Waals surface area (Å²) in [5.41, 5.74) is 1.10. The van der Waals surface area contributed by atoms with Crippen LogP contribution in [0, 0.1) is 0 Å². The molecule has 9 heteroatoms. The number of guanidine groups is 1. The molecule has 0 aliphatic carbocycles. The second-order valence-corrected chi connectivity index (χ2v) is 7.86. The van der Waals surface area contributed by atoms with Gasteiger partial charge in [-0.1, -0.05) is 19.0 Å². The van der Waals surface area contributed by atoms with Gasteiger partial charge >= 0.3 is 0 Å². The molecule has 1 aliphatic rings. The number of nitrogens with one attached hydrogen (secondary N) is 2. The van der Waals surface area contributed by atoms with Crippen molar-refractivity contribution in [1.82, 2.24) is 20.8 Å². The molecule has 170 valence electrons. The van der Waals surface area contributed by atoms with Gasteiger partial charge in [0.15, 0.2) is 11.8 Å². The summed E-state index contributed by atoms with van der Waals surface area (Å²) in [7, 11) is 3.34. The van der Waals surface area contributed by atoms with E-state index in [1.54, 1.807) is 14.2 Å². The Morgan fingerprint density at radius 3 is 2.61 bits per heavy atom. The van der Waals surface area contributed by atoms with E-state index in [9.17, 15) is 0 Å². The van der Waals surface area contributed by atoms with Crippen molar-refractivity contribution < 1.29 is 14.0 Å². The average molecular weight is 431 g/mol. The third-order valence-electron chi connectivity index (χ3n) is 5.17. The predicted octanol–water partition coefficient (Wildman–Crippen LogP) is 2.59. The molecule has 0 bridgehead atoms. The van der Waals surface area contributed by atoms with Crippen LogP contribution in [0.3, 0.4) is 0 Å². The average Bonchev–Trinajstić information content (AvgIpc) is 3.43. The van der Waals surface area contributed by atoms with E-state index >= 15 is 0 Å². The summed E-state index contributed by atoms with van der Waals surface area (Å²) in [6.45, 7) is 9.37. The molecule has 1 fully saturated rings. The van der Waals surface area contributed by atoms with Crippen LogP contribution < -0.4 is 25.0 Å². The van der Waals surface area contributed by atoms with E-state index in [1.165, 1.54) is 0 Å². The lowest BCUT2D eigenvalue weighted by atomic mass is 10.2. The number of hydrogen-bond acceptors (Lipinski definition) is 7. The van der Waals surface area contributed by atoms with Crippen molar-refractivity contribution in [3.05, 3.63) is 29.9 Å². The minimum atomic E-state index is 0.259. The van der Waals surface area contributed by atoms with Crippen LogP contribution in [0.5, 0.6) is 11.5 Å². The summed E-state index contributed by atoms with van der Waals surface area (Å²) in [4.78, 5) is 11.4. The molecular weight excluding hydrogens is 396 g/mol. The van der Waals surface area contributed by atoms with Crippen LogP contribution in [-0.2, 0) is 6.42 Å². The van der Waals surface area contributed by atoms with Crippen molar-refractivity contribution >= 4 is 11.6 Å². The molecule has 1 unspecified atom stereocenters. The lowest BCUT2D eigenvalue weighted by Crippen LogP contribution is -2.44. The third-order valence-corrected chi connectivity index (χ3v) is 5.17. The first-order chi connectivity index (χ1) is 15.0. The Morgan fingerprint density at radius 1 is 1.26 bits per heavy atom. The smallest absolute Gasteiger partial charge is 0.228 e. The fraction of sp³-hybridized carbons (Fsp3) is 0.591. The van der Waals surface area contributed by atoms with E-state index < -0.39 is 0 Å². The molecule has 3 rings (SSSR count). The number of benzene rings is 1. The molecule has 0 spiro atoms. The van der Waals surface area contributed by atoms with Crippen molar-refractivity contribution in [1.29, 1.82) is 0 Å². The summed E-state index contributed by atoms with van der Waals surface area (Å²) in [5.74, 6) is 4.02. The highest BCUT2D eigenvalue weighted by Crippen LogP contribution is 2.30. The molecule has 1 atom stereocenters. The number of hydrogen-bond donors (Lipinski definition) is 2. The SMILES string of the molecule is CCNC(=NCCc1nc(C(C)C)no1)NC1CCN(c2cc(OC)cc(OC)c2)C1. The van der Waals surface area contributed by atoms with Crippen LogP contribution in [0.2, 0.25) is 0 Å². The molecule has 1 saturated heterocycles. The number of aliphatic imine (C=N–C) groups is 1. The zero-order valence-electron chi connectivity index (χ0n) is 19.1. The van der Waals surface area contributed by atoms with Crippen LogP contribution in [0.1, 0.15) is 44.8 Å². The topological polar surface area (TPSA) is 97.0 Å². The van der Waals surface area contributed by atoms with Crippen LogP contribution in [-0.4, -0.2) is 62.5 Å². The van der Waals surface area contributed by atoms with E-state index in [1.807, 2.05) is 32.0 Å². The van der Waals surface area contributed by atoms with Gasteiger partial charge in [0, 0.05) is 61.9 Å². The van der Waals surface area contributed by atoms with E-state index in [4.69, 9.17) is 14.0 Å². The van der Waals surface area contributed by atoms with Crippen LogP contribution in [0.25, 0.3) is 0 Å². The molecule has 1 aromatic carbocycles. The number of aromatic nitrogens is 2. The zero-order valence-corrected chi connectivity index (χ0v) is 19.1. The Balaban J connectivity index is 1.57. The van der Waals surface area contributed by atoms with Gasteiger partial charge in [0.1, 0.15) is 11.5 Å². The minimum Gasteiger partial charge on any atom is -0.497 e. The van der Waals surface area contributed by atoms with E-state index in [2.05, 4.69) is 37.6 Å². The minimum absolute atomic E-state index is 0.259. The maximum Gasteiger partial charge on any atom is 0.228 e. The van der Waals surface area contributed by atoms with Crippen molar-refractivity contribution in [2.45, 2.75) is 45.6 Å². The fourth-order valence-electron chi connectivity index (χ4n) is 3.47. The largest absolute Gasteiger partial charge is 0.497 e. The van der Waals surface area contributed by atoms with E-state index in [-0.39, 0.29) is 5.92 Å². The normalized spacial score (nSPS) is 16.6. The number of rotatable bonds is 9. The van der Waals surface area contributed by atoms with Crippen molar-refractivity contribution in [3.63, 3.8) is 0 Å². The summed E-state index contributed by atoms with van der Waals surface area (Å²) in [5, 5.41) is 10.9. The lowest BCUT2D eigenvalue weighted by molar-refractivity contribution is 0.372. The molecular formula is C22H34N6O3. The zero-order chi connectivity index (χ0) is 22.2. The summed E-state index contributed by atoms with van der Waals surface area (Å²) < 4.78 is 16.1. The number of methoxy groups -OCH3 is 2. The quantitative estimate of drug-likeness (QED) is 0.463. The molecule has 2 N–H and O–H groups in total. The van der Waals surface area contributed by atoms with Crippen LogP contribution >= 0.6 is 0 Å². The fourth-order valence-corrected chi connectivity index (χ4v) is 3.47. The summed E-state index contributed by atoms with van der Waals surface area (Å²) in [6.07, 6.45) is 1.64. The summed E-state index contributed by atoms with van der Waals surface area (Å²) >= 11 is 0. The van der Waals surface area contributed by atoms with Crippen molar-refractivity contribution in [2.24, 2.45) is 4.99 Å². The Bertz CT molecular complexity index is 844. The third kappa shape index (κ3) is 6.26. The number of anilines is 1. The van der Waals surface area contributed by atoms with E-state index in [0.717, 1.165) is 55.0 Å². The maximum atomic E-state index is 5.41. The number of nitrogens with zero attached hydrogens (tertiary/aromatic N) is 4. The van der Waals surface area contributed by atoms with E-state index in [0.29, 0.717) is 24.9 Å². The highest BCUT2D eigenvalue weighted by Gasteiger charge is 2.24. The van der Waals surface area contributed by atoms with Gasteiger partial charge < -0.3 is 29.5 Å². The first-order valence-electron chi connectivity index (χ1n) is 10.9. The van der Waals surface area contributed by atoms with Gasteiger partial charge in [-0.25, -0.2) is 0 Å². The molecule has 2 aromatic rings. The first-order valence-corrected chi connectivity index (χ1v) is 10.9.